The second kappa shape index (κ2) is 18.5. The van der Waals surface area contributed by atoms with Gasteiger partial charge in [0.1, 0.15) is 29.8 Å². The van der Waals surface area contributed by atoms with Crippen molar-refractivity contribution in [2.45, 2.75) is 70.6 Å². The molecule has 10 heteroatoms. The number of methoxy groups -OCH3 is 2. The predicted octanol–water partition coefficient (Wildman–Crippen LogP) is 8.24. The SMILES string of the molecule is COCC(COc1c(COC2CN(C(=O)OC(C)(C)C)CCC2c2ccc(OCCCOCc3cccs3)cc2)ccc2ccccc12)OC. The topological polar surface area (TPSA) is 84.9 Å². The lowest BCUT2D eigenvalue weighted by Crippen LogP contribution is -2.48. The van der Waals surface area contributed by atoms with Gasteiger partial charge in [0.25, 0.3) is 0 Å². The highest BCUT2D eigenvalue weighted by Crippen LogP contribution is 2.35. The van der Waals surface area contributed by atoms with Gasteiger partial charge in [-0.05, 0) is 61.7 Å². The maximum absolute atomic E-state index is 13.2. The van der Waals surface area contributed by atoms with Crippen LogP contribution in [0.15, 0.2) is 78.2 Å². The zero-order chi connectivity index (χ0) is 35.3. The summed E-state index contributed by atoms with van der Waals surface area (Å²) in [4.78, 5) is 16.1. The highest BCUT2D eigenvalue weighted by molar-refractivity contribution is 7.09. The average molecular weight is 706 g/mol. The Morgan fingerprint density at radius 1 is 0.920 bits per heavy atom. The maximum Gasteiger partial charge on any atom is 0.410 e. The van der Waals surface area contributed by atoms with Crippen molar-refractivity contribution in [1.29, 1.82) is 0 Å². The Kier molecular flexibility index (Phi) is 13.9. The van der Waals surface area contributed by atoms with Gasteiger partial charge < -0.3 is 38.1 Å². The Labute approximate surface area is 300 Å². The van der Waals surface area contributed by atoms with E-state index in [9.17, 15) is 4.79 Å². The zero-order valence-corrected chi connectivity index (χ0v) is 30.7. The van der Waals surface area contributed by atoms with E-state index in [1.165, 1.54) is 4.88 Å². The van der Waals surface area contributed by atoms with Crippen molar-refractivity contribution in [2.24, 2.45) is 0 Å². The molecule has 0 radical (unpaired) electrons. The van der Waals surface area contributed by atoms with Crippen LogP contribution in [0.2, 0.25) is 0 Å². The average Bonchev–Trinajstić information content (AvgIpc) is 3.64. The lowest BCUT2D eigenvalue weighted by atomic mass is 9.87. The van der Waals surface area contributed by atoms with Crippen LogP contribution in [0.5, 0.6) is 11.5 Å². The van der Waals surface area contributed by atoms with Crippen molar-refractivity contribution in [3.63, 3.8) is 0 Å². The quantitative estimate of drug-likeness (QED) is 0.102. The molecule has 0 spiro atoms. The third-order valence-corrected chi connectivity index (χ3v) is 9.41. The predicted molar refractivity (Wildman–Crippen MR) is 196 cm³/mol. The summed E-state index contributed by atoms with van der Waals surface area (Å²) in [5, 5.41) is 4.14. The molecule has 1 aromatic heterocycles. The number of rotatable bonds is 17. The lowest BCUT2D eigenvalue weighted by Gasteiger charge is -2.39. The van der Waals surface area contributed by atoms with Crippen molar-refractivity contribution in [3.05, 3.63) is 94.2 Å². The molecule has 2 heterocycles. The molecule has 3 unspecified atom stereocenters. The van der Waals surface area contributed by atoms with Gasteiger partial charge in [-0.3, -0.25) is 0 Å². The van der Waals surface area contributed by atoms with E-state index >= 15 is 0 Å². The smallest absolute Gasteiger partial charge is 0.410 e. The van der Waals surface area contributed by atoms with Crippen LogP contribution in [-0.2, 0) is 36.9 Å². The molecule has 1 saturated heterocycles. The van der Waals surface area contributed by atoms with Crippen LogP contribution in [0.1, 0.15) is 55.5 Å². The number of piperidine rings is 1. The number of nitrogens with zero attached hydrogens (tertiary/aromatic N) is 1. The van der Waals surface area contributed by atoms with Gasteiger partial charge in [0.05, 0.1) is 45.7 Å². The summed E-state index contributed by atoms with van der Waals surface area (Å²) >= 11 is 1.70. The molecule has 270 valence electrons. The summed E-state index contributed by atoms with van der Waals surface area (Å²) in [5.41, 5.74) is 1.48. The summed E-state index contributed by atoms with van der Waals surface area (Å²) in [7, 11) is 3.30. The first-order valence-corrected chi connectivity index (χ1v) is 18.2. The van der Waals surface area contributed by atoms with Crippen molar-refractivity contribution in [1.82, 2.24) is 4.90 Å². The molecule has 0 aliphatic carbocycles. The van der Waals surface area contributed by atoms with Crippen LogP contribution in [0.25, 0.3) is 10.8 Å². The van der Waals surface area contributed by atoms with Gasteiger partial charge in [0, 0.05) is 48.9 Å². The largest absolute Gasteiger partial charge is 0.494 e. The first-order chi connectivity index (χ1) is 24.2. The van der Waals surface area contributed by atoms with E-state index in [0.717, 1.165) is 46.2 Å². The standard InChI is InChI=1S/C40H51NO8S/c1-40(2,3)49-39(42)41-20-19-35(30-15-17-32(18-16-30)46-22-9-21-45-28-34-11-8-23-50-34)37(24-41)47-25-31-14-13-29-10-6-7-12-36(29)38(31)48-27-33(44-5)26-43-4/h6-8,10-18,23,33,35,37H,9,19-22,24-28H2,1-5H3. The number of benzene rings is 3. The summed E-state index contributed by atoms with van der Waals surface area (Å²) in [6, 6.07) is 24.7. The number of hydrogen-bond acceptors (Lipinski definition) is 9. The number of carbonyl (C=O) groups excluding carboxylic acids is 1. The number of fused-ring (bicyclic) bond motifs is 1. The molecule has 50 heavy (non-hydrogen) atoms. The molecule has 1 amide bonds. The summed E-state index contributed by atoms with van der Waals surface area (Å²) in [6.07, 6.45) is 0.730. The van der Waals surface area contributed by atoms with Crippen molar-refractivity contribution in [2.75, 3.05) is 53.7 Å². The normalized spacial score (nSPS) is 17.1. The van der Waals surface area contributed by atoms with Crippen molar-refractivity contribution in [3.8, 4) is 11.5 Å². The molecule has 0 saturated carbocycles. The minimum atomic E-state index is -0.587. The molecular formula is C40H51NO8S. The third-order valence-electron chi connectivity index (χ3n) is 8.56. The number of hydrogen-bond donors (Lipinski definition) is 0. The highest BCUT2D eigenvalue weighted by atomic mass is 32.1. The maximum atomic E-state index is 13.2. The lowest BCUT2D eigenvalue weighted by molar-refractivity contribution is -0.0368. The number of amides is 1. The van der Waals surface area contributed by atoms with Gasteiger partial charge in [0.2, 0.25) is 0 Å². The van der Waals surface area contributed by atoms with Crippen LogP contribution >= 0.6 is 11.3 Å². The molecule has 0 bridgehead atoms. The Bertz CT molecular complexity index is 1600. The van der Waals surface area contributed by atoms with Crippen molar-refractivity contribution >= 4 is 28.2 Å². The molecule has 3 atom stereocenters. The first kappa shape index (κ1) is 37.6. The van der Waals surface area contributed by atoms with Gasteiger partial charge in [-0.25, -0.2) is 4.79 Å². The molecule has 3 aromatic carbocycles. The van der Waals surface area contributed by atoms with E-state index in [2.05, 4.69) is 47.8 Å². The highest BCUT2D eigenvalue weighted by Gasteiger charge is 2.35. The molecule has 1 aliphatic rings. The van der Waals surface area contributed by atoms with E-state index in [4.69, 9.17) is 33.2 Å². The number of thiophene rings is 1. The van der Waals surface area contributed by atoms with Gasteiger partial charge in [-0.1, -0.05) is 54.6 Å². The molecule has 5 rings (SSSR count). The summed E-state index contributed by atoms with van der Waals surface area (Å²) < 4.78 is 41.6. The Balaban J connectivity index is 1.27. The monoisotopic (exact) mass is 705 g/mol. The van der Waals surface area contributed by atoms with Crippen LogP contribution in [-0.4, -0.2) is 82.5 Å². The second-order valence-corrected chi connectivity index (χ2v) is 14.5. The number of likely N-dealkylation sites (tertiary alicyclic amines) is 1. The fourth-order valence-electron chi connectivity index (χ4n) is 6.00. The van der Waals surface area contributed by atoms with Gasteiger partial charge in [-0.2, -0.15) is 0 Å². The van der Waals surface area contributed by atoms with E-state index in [1.54, 1.807) is 30.5 Å². The molecule has 9 nitrogen and oxygen atoms in total. The van der Waals surface area contributed by atoms with Gasteiger partial charge >= 0.3 is 6.09 Å². The number of ether oxygens (including phenoxy) is 7. The van der Waals surface area contributed by atoms with Gasteiger partial charge in [0.15, 0.2) is 0 Å². The molecular weight excluding hydrogens is 655 g/mol. The Morgan fingerprint density at radius 2 is 1.74 bits per heavy atom. The second-order valence-electron chi connectivity index (χ2n) is 13.5. The summed E-state index contributed by atoms with van der Waals surface area (Å²) in [5.74, 6) is 1.64. The molecule has 0 N–H and O–H groups in total. The zero-order valence-electron chi connectivity index (χ0n) is 29.9. The summed E-state index contributed by atoms with van der Waals surface area (Å²) in [6.45, 7) is 9.57. The fraction of sp³-hybridized carbons (Fsp3) is 0.475. The van der Waals surface area contributed by atoms with Crippen LogP contribution in [0, 0.1) is 0 Å². The third kappa shape index (κ3) is 10.9. The van der Waals surface area contributed by atoms with E-state index in [1.807, 2.05) is 51.1 Å². The first-order valence-electron chi connectivity index (χ1n) is 17.3. The molecule has 1 aliphatic heterocycles. The minimum Gasteiger partial charge on any atom is -0.494 e. The molecule has 1 fully saturated rings. The number of carbonyl (C=O) groups is 1. The van der Waals surface area contributed by atoms with Crippen molar-refractivity contribution < 1.29 is 38.0 Å². The Hall–Kier alpha value is -3.67. The minimum absolute atomic E-state index is 0.0674. The van der Waals surface area contributed by atoms with Gasteiger partial charge in [-0.15, -0.1) is 11.3 Å². The Morgan fingerprint density at radius 3 is 2.48 bits per heavy atom. The van der Waals surface area contributed by atoms with Crippen LogP contribution in [0.3, 0.4) is 0 Å². The molecule has 4 aromatic rings. The van der Waals surface area contributed by atoms with E-state index in [0.29, 0.717) is 52.7 Å². The fourth-order valence-corrected chi connectivity index (χ4v) is 6.64. The van der Waals surface area contributed by atoms with E-state index < -0.39 is 5.60 Å². The van der Waals surface area contributed by atoms with E-state index in [-0.39, 0.29) is 24.2 Å². The van der Waals surface area contributed by atoms with Crippen LogP contribution < -0.4 is 9.47 Å². The van der Waals surface area contributed by atoms with Crippen LogP contribution in [0.4, 0.5) is 4.79 Å².